The van der Waals surface area contributed by atoms with Crippen LogP contribution in [0.1, 0.15) is 61.8 Å². The number of rotatable bonds is 3. The highest BCUT2D eigenvalue weighted by molar-refractivity contribution is 7.93. The second kappa shape index (κ2) is 8.09. The summed E-state index contributed by atoms with van der Waals surface area (Å²) in [6, 6.07) is 1.88. The number of hydrogen-bond donors (Lipinski definition) is 0. The Hall–Kier alpha value is -2.29. The van der Waals surface area contributed by atoms with E-state index in [1.165, 1.54) is 12.5 Å². The Bertz CT molecular complexity index is 1100. The molecule has 30 heavy (non-hydrogen) atoms. The SMILES string of the molecule is Cc1cc(C)n2ncc(C(=O)N=S(C)(=O)C3CCN(C(=O)CC(C)(C)C)CC3)c2n1. The third kappa shape index (κ3) is 4.88. The Labute approximate surface area is 178 Å². The maximum Gasteiger partial charge on any atom is 0.290 e. The number of carbonyl (C=O) groups excluding carboxylic acids is 2. The molecule has 0 aromatic carbocycles. The molecule has 1 aliphatic rings. The van der Waals surface area contributed by atoms with Gasteiger partial charge in [-0.1, -0.05) is 20.8 Å². The zero-order valence-electron chi connectivity index (χ0n) is 18.6. The standard InChI is InChI=1S/C21H31N5O3S/c1-14-11-15(2)26-19(23-14)17(13-22-26)20(28)24-30(6,29)16-7-9-25(10-8-16)18(27)12-21(3,4)5/h11,13,16H,7-10,12H2,1-6H3. The highest BCUT2D eigenvalue weighted by Crippen LogP contribution is 2.24. The van der Waals surface area contributed by atoms with Crippen LogP contribution < -0.4 is 0 Å². The third-order valence-electron chi connectivity index (χ3n) is 5.37. The Morgan fingerprint density at radius 2 is 1.87 bits per heavy atom. The molecule has 0 N–H and O–H groups in total. The van der Waals surface area contributed by atoms with Gasteiger partial charge in [0.1, 0.15) is 5.56 Å². The zero-order valence-corrected chi connectivity index (χ0v) is 19.5. The summed E-state index contributed by atoms with van der Waals surface area (Å²) in [6.07, 6.45) is 4.62. The number of piperidine rings is 1. The van der Waals surface area contributed by atoms with Gasteiger partial charge >= 0.3 is 0 Å². The first-order valence-corrected chi connectivity index (χ1v) is 12.2. The van der Waals surface area contributed by atoms with Crippen LogP contribution in [0.5, 0.6) is 0 Å². The molecule has 3 rings (SSSR count). The number of carbonyl (C=O) groups is 2. The average Bonchev–Trinajstić information content (AvgIpc) is 3.04. The maximum atomic E-state index is 13.3. The molecule has 1 fully saturated rings. The van der Waals surface area contributed by atoms with Crippen molar-refractivity contribution in [2.75, 3.05) is 19.3 Å². The molecule has 1 unspecified atom stereocenters. The molecule has 1 saturated heterocycles. The first-order valence-electron chi connectivity index (χ1n) is 10.2. The lowest BCUT2D eigenvalue weighted by atomic mass is 9.91. The van der Waals surface area contributed by atoms with Crippen molar-refractivity contribution < 1.29 is 13.8 Å². The molecule has 9 heteroatoms. The Morgan fingerprint density at radius 1 is 1.23 bits per heavy atom. The minimum atomic E-state index is -2.76. The van der Waals surface area contributed by atoms with Crippen LogP contribution in [0.4, 0.5) is 0 Å². The van der Waals surface area contributed by atoms with E-state index in [0.29, 0.717) is 38.0 Å². The molecule has 0 aliphatic carbocycles. The quantitative estimate of drug-likeness (QED) is 0.741. The molecule has 0 spiro atoms. The predicted molar refractivity (Wildman–Crippen MR) is 117 cm³/mol. The summed E-state index contributed by atoms with van der Waals surface area (Å²) < 4.78 is 19.0. The summed E-state index contributed by atoms with van der Waals surface area (Å²) in [5.74, 6) is -0.430. The van der Waals surface area contributed by atoms with Crippen molar-refractivity contribution in [1.82, 2.24) is 19.5 Å². The smallest absolute Gasteiger partial charge is 0.290 e. The van der Waals surface area contributed by atoms with Gasteiger partial charge in [0.05, 0.1) is 15.9 Å². The molecule has 164 valence electrons. The highest BCUT2D eigenvalue weighted by atomic mass is 32.2. The molecule has 2 aromatic heterocycles. The second-order valence-electron chi connectivity index (χ2n) is 9.41. The van der Waals surface area contributed by atoms with Crippen LogP contribution in [0.2, 0.25) is 0 Å². The Balaban J connectivity index is 1.76. The molecule has 2 aromatic rings. The number of likely N-dealkylation sites (tertiary alicyclic amines) is 1. The van der Waals surface area contributed by atoms with E-state index in [2.05, 4.69) is 14.4 Å². The van der Waals surface area contributed by atoms with Crippen molar-refractivity contribution in [3.8, 4) is 0 Å². The van der Waals surface area contributed by atoms with E-state index in [-0.39, 0.29) is 22.1 Å². The van der Waals surface area contributed by atoms with Crippen LogP contribution in [-0.2, 0) is 14.5 Å². The lowest BCUT2D eigenvalue weighted by molar-refractivity contribution is -0.133. The van der Waals surface area contributed by atoms with Crippen molar-refractivity contribution >= 4 is 27.2 Å². The summed E-state index contributed by atoms with van der Waals surface area (Å²) in [6.45, 7) is 11.0. The topological polar surface area (TPSA) is 97.0 Å². The van der Waals surface area contributed by atoms with E-state index in [4.69, 9.17) is 0 Å². The molecular formula is C21H31N5O3S. The van der Waals surface area contributed by atoms with Crippen LogP contribution in [-0.4, -0.2) is 60.1 Å². The van der Waals surface area contributed by atoms with Crippen LogP contribution in [0.3, 0.4) is 0 Å². The number of hydrogen-bond acceptors (Lipinski definition) is 5. The molecule has 0 radical (unpaired) electrons. The van der Waals surface area contributed by atoms with Crippen molar-refractivity contribution in [2.45, 2.75) is 59.1 Å². The van der Waals surface area contributed by atoms with Gasteiger partial charge in [-0.05, 0) is 38.2 Å². The first-order chi connectivity index (χ1) is 13.9. The maximum absolute atomic E-state index is 13.3. The monoisotopic (exact) mass is 433 g/mol. The van der Waals surface area contributed by atoms with Crippen LogP contribution in [0, 0.1) is 19.3 Å². The Morgan fingerprint density at radius 3 is 2.47 bits per heavy atom. The van der Waals surface area contributed by atoms with Gasteiger partial charge in [-0.3, -0.25) is 9.59 Å². The largest absolute Gasteiger partial charge is 0.343 e. The third-order valence-corrected chi connectivity index (χ3v) is 7.60. The van der Waals surface area contributed by atoms with Crippen molar-refractivity contribution in [2.24, 2.45) is 9.78 Å². The van der Waals surface area contributed by atoms with E-state index in [0.717, 1.165) is 11.4 Å². The molecule has 0 saturated carbocycles. The van der Waals surface area contributed by atoms with Gasteiger partial charge < -0.3 is 4.90 Å². The van der Waals surface area contributed by atoms with Gasteiger partial charge in [-0.25, -0.2) is 13.7 Å². The Kier molecular flexibility index (Phi) is 6.04. The van der Waals surface area contributed by atoms with Gasteiger partial charge in [0, 0.05) is 42.4 Å². The molecule has 0 bridgehead atoms. The van der Waals surface area contributed by atoms with Crippen molar-refractivity contribution in [1.29, 1.82) is 0 Å². The van der Waals surface area contributed by atoms with Gasteiger partial charge in [0.2, 0.25) is 5.91 Å². The van der Waals surface area contributed by atoms with Crippen LogP contribution in [0.25, 0.3) is 5.65 Å². The molecule has 1 atom stereocenters. The van der Waals surface area contributed by atoms with Crippen molar-refractivity contribution in [3.05, 3.63) is 29.2 Å². The normalized spacial score (nSPS) is 17.7. The summed E-state index contributed by atoms with van der Waals surface area (Å²) >= 11 is 0. The van der Waals surface area contributed by atoms with E-state index >= 15 is 0 Å². The number of fused-ring (bicyclic) bond motifs is 1. The van der Waals surface area contributed by atoms with Crippen LogP contribution >= 0.6 is 0 Å². The molecule has 1 aliphatic heterocycles. The van der Waals surface area contributed by atoms with E-state index in [1.807, 2.05) is 45.6 Å². The number of amides is 2. The van der Waals surface area contributed by atoms with E-state index in [1.54, 1.807) is 4.52 Å². The minimum Gasteiger partial charge on any atom is -0.343 e. The van der Waals surface area contributed by atoms with Gasteiger partial charge in [0.25, 0.3) is 5.91 Å². The number of aromatic nitrogens is 3. The number of nitrogens with zero attached hydrogens (tertiary/aromatic N) is 5. The fraction of sp³-hybridized carbons (Fsp3) is 0.619. The van der Waals surface area contributed by atoms with Gasteiger partial charge in [0.15, 0.2) is 5.65 Å². The zero-order chi connectivity index (χ0) is 22.3. The van der Waals surface area contributed by atoms with Crippen LogP contribution in [0.15, 0.2) is 16.6 Å². The van der Waals surface area contributed by atoms with Gasteiger partial charge in [-0.15, -0.1) is 0 Å². The fourth-order valence-corrected chi connectivity index (χ4v) is 5.48. The molecule has 8 nitrogen and oxygen atoms in total. The lowest BCUT2D eigenvalue weighted by Crippen LogP contribution is -2.43. The van der Waals surface area contributed by atoms with Gasteiger partial charge in [-0.2, -0.15) is 9.46 Å². The molecule has 2 amide bonds. The highest BCUT2D eigenvalue weighted by Gasteiger charge is 2.30. The number of aryl methyl sites for hydroxylation is 2. The van der Waals surface area contributed by atoms with Crippen molar-refractivity contribution in [3.63, 3.8) is 0 Å². The summed E-state index contributed by atoms with van der Waals surface area (Å²) in [4.78, 5) is 31.5. The average molecular weight is 434 g/mol. The molecule has 3 heterocycles. The first kappa shape index (κ1) is 22.4. The summed E-state index contributed by atoms with van der Waals surface area (Å²) in [7, 11) is -2.76. The lowest BCUT2D eigenvalue weighted by Gasteiger charge is -2.34. The van der Waals surface area contributed by atoms with E-state index in [9.17, 15) is 13.8 Å². The summed E-state index contributed by atoms with van der Waals surface area (Å²) in [5.41, 5.74) is 2.26. The van der Waals surface area contributed by atoms with E-state index < -0.39 is 15.6 Å². The predicted octanol–water partition coefficient (Wildman–Crippen LogP) is 3.01. The second-order valence-corrected chi connectivity index (χ2v) is 12.0. The fourth-order valence-electron chi connectivity index (χ4n) is 3.82. The summed E-state index contributed by atoms with van der Waals surface area (Å²) in [5, 5.41) is 3.99. The minimum absolute atomic E-state index is 0.0624. The molecular weight excluding hydrogens is 402 g/mol.